The van der Waals surface area contributed by atoms with Gasteiger partial charge >= 0.3 is 0 Å². The number of hydrogen-bond acceptors (Lipinski definition) is 0. The average Bonchev–Trinajstić information content (AvgIpc) is 2.25. The van der Waals surface area contributed by atoms with Crippen LogP contribution in [-0.2, 0) is 0 Å². The van der Waals surface area contributed by atoms with Crippen LogP contribution in [0.3, 0.4) is 0 Å². The van der Waals surface area contributed by atoms with Gasteiger partial charge in [-0.05, 0) is 39.7 Å². The third-order valence-corrected chi connectivity index (χ3v) is 2.95. The van der Waals surface area contributed by atoms with Gasteiger partial charge in [0.25, 0.3) is 0 Å². The Balaban J connectivity index is 2.59. The minimum atomic E-state index is -0.681. The van der Waals surface area contributed by atoms with Crippen LogP contribution in [0.2, 0.25) is 0 Å². The van der Waals surface area contributed by atoms with Crippen LogP contribution in [0.25, 0.3) is 11.1 Å². The maximum atomic E-state index is 13.2. The summed E-state index contributed by atoms with van der Waals surface area (Å²) in [5.74, 6) is -1.74. The molecule has 2 aromatic carbocycles. The Morgan fingerprint density at radius 1 is 0.812 bits per heavy atom. The molecule has 0 nitrogen and oxygen atoms in total. The Morgan fingerprint density at radius 2 is 1.44 bits per heavy atom. The highest BCUT2D eigenvalue weighted by Gasteiger charge is 2.10. The second-order valence-corrected chi connectivity index (χ2v) is 4.05. The number of hydrogen-bond donors (Lipinski definition) is 0. The van der Waals surface area contributed by atoms with Gasteiger partial charge in [-0.2, -0.15) is 0 Å². The van der Waals surface area contributed by atoms with Crippen molar-refractivity contribution in [3.8, 4) is 11.1 Å². The fourth-order valence-electron chi connectivity index (χ4n) is 1.40. The zero-order chi connectivity index (χ0) is 11.7. The molecule has 0 aromatic heterocycles. The van der Waals surface area contributed by atoms with Gasteiger partial charge in [0.05, 0.1) is 4.47 Å². The van der Waals surface area contributed by atoms with Crippen LogP contribution >= 0.6 is 15.9 Å². The smallest absolute Gasteiger partial charge is 0.140 e. The molecule has 0 aliphatic carbocycles. The molecule has 0 spiro atoms. The normalized spacial score (nSPS) is 10.5. The summed E-state index contributed by atoms with van der Waals surface area (Å²) in [4.78, 5) is 0. The molecule has 0 radical (unpaired) electrons. The first-order chi connectivity index (χ1) is 7.58. The molecule has 2 rings (SSSR count). The molecule has 0 saturated carbocycles. The summed E-state index contributed by atoms with van der Waals surface area (Å²) in [5.41, 5.74) is 0.907. The van der Waals surface area contributed by atoms with Crippen molar-refractivity contribution in [3.63, 3.8) is 0 Å². The first-order valence-corrected chi connectivity index (χ1v) is 5.27. The summed E-state index contributed by atoms with van der Waals surface area (Å²) in [7, 11) is 0. The molecular weight excluding hydrogens is 281 g/mol. The van der Waals surface area contributed by atoms with E-state index in [-0.39, 0.29) is 4.47 Å². The van der Waals surface area contributed by atoms with E-state index in [2.05, 4.69) is 15.9 Å². The summed E-state index contributed by atoms with van der Waals surface area (Å²) in [6.45, 7) is 0. The van der Waals surface area contributed by atoms with Crippen LogP contribution in [0.15, 0.2) is 40.9 Å². The zero-order valence-electron chi connectivity index (χ0n) is 7.98. The molecule has 0 atom stereocenters. The zero-order valence-corrected chi connectivity index (χ0v) is 9.56. The highest BCUT2D eigenvalue weighted by atomic mass is 79.9. The van der Waals surface area contributed by atoms with Gasteiger partial charge in [-0.3, -0.25) is 0 Å². The van der Waals surface area contributed by atoms with Gasteiger partial charge in [0.1, 0.15) is 17.5 Å². The van der Waals surface area contributed by atoms with Crippen molar-refractivity contribution in [2.45, 2.75) is 0 Å². The quantitative estimate of drug-likeness (QED) is 0.676. The van der Waals surface area contributed by atoms with E-state index in [0.717, 1.165) is 6.07 Å². The Morgan fingerprint density at radius 3 is 2.06 bits per heavy atom. The van der Waals surface area contributed by atoms with Crippen molar-refractivity contribution in [2.75, 3.05) is 0 Å². The SMILES string of the molecule is Fc1ccc(-c2cc(F)cc(F)c2Br)cc1. The molecule has 4 heteroatoms. The standard InChI is InChI=1S/C12H6BrF3/c13-12-10(5-9(15)6-11(12)16)7-1-3-8(14)4-2-7/h1-6H. The van der Waals surface area contributed by atoms with Gasteiger partial charge in [0, 0.05) is 11.6 Å². The lowest BCUT2D eigenvalue weighted by atomic mass is 10.1. The molecule has 0 heterocycles. The van der Waals surface area contributed by atoms with Crippen molar-refractivity contribution in [3.05, 3.63) is 58.3 Å². The molecule has 0 saturated heterocycles. The van der Waals surface area contributed by atoms with Crippen molar-refractivity contribution in [2.24, 2.45) is 0 Å². The molecule has 0 amide bonds. The van der Waals surface area contributed by atoms with E-state index in [9.17, 15) is 13.2 Å². The van der Waals surface area contributed by atoms with Crippen molar-refractivity contribution in [1.82, 2.24) is 0 Å². The molecule has 0 bridgehead atoms. The molecule has 0 unspecified atom stereocenters. The molecule has 82 valence electrons. The fourth-order valence-corrected chi connectivity index (χ4v) is 1.85. The minimum absolute atomic E-state index is 0.167. The van der Waals surface area contributed by atoms with Crippen LogP contribution < -0.4 is 0 Å². The number of halogens is 4. The molecule has 0 aliphatic rings. The maximum Gasteiger partial charge on any atom is 0.140 e. The van der Waals surface area contributed by atoms with E-state index in [1.165, 1.54) is 30.3 Å². The predicted octanol–water partition coefficient (Wildman–Crippen LogP) is 4.53. The van der Waals surface area contributed by atoms with E-state index in [0.29, 0.717) is 11.1 Å². The van der Waals surface area contributed by atoms with Crippen molar-refractivity contribution in [1.29, 1.82) is 0 Å². The fraction of sp³-hybridized carbons (Fsp3) is 0. The summed E-state index contributed by atoms with van der Waals surface area (Å²) in [6, 6.07) is 7.40. The van der Waals surface area contributed by atoms with Crippen molar-refractivity contribution < 1.29 is 13.2 Å². The first-order valence-electron chi connectivity index (χ1n) is 4.48. The van der Waals surface area contributed by atoms with Crippen LogP contribution in [0.5, 0.6) is 0 Å². The van der Waals surface area contributed by atoms with E-state index >= 15 is 0 Å². The highest BCUT2D eigenvalue weighted by molar-refractivity contribution is 9.10. The Hall–Kier alpha value is -1.29. The molecule has 0 aliphatic heterocycles. The van der Waals surface area contributed by atoms with E-state index < -0.39 is 17.5 Å². The second-order valence-electron chi connectivity index (χ2n) is 3.26. The molecular formula is C12H6BrF3. The topological polar surface area (TPSA) is 0 Å². The van der Waals surface area contributed by atoms with E-state index in [4.69, 9.17) is 0 Å². The van der Waals surface area contributed by atoms with Crippen LogP contribution in [0.4, 0.5) is 13.2 Å². The van der Waals surface area contributed by atoms with Gasteiger partial charge < -0.3 is 0 Å². The van der Waals surface area contributed by atoms with Gasteiger partial charge in [-0.15, -0.1) is 0 Å². The van der Waals surface area contributed by atoms with Gasteiger partial charge in [-0.25, -0.2) is 13.2 Å². The average molecular weight is 287 g/mol. The van der Waals surface area contributed by atoms with Crippen LogP contribution in [-0.4, -0.2) is 0 Å². The lowest BCUT2D eigenvalue weighted by Gasteiger charge is -2.06. The molecule has 0 fully saturated rings. The molecule has 2 aromatic rings. The third kappa shape index (κ3) is 2.11. The Bertz CT molecular complexity index is 521. The van der Waals surface area contributed by atoms with Gasteiger partial charge in [0.15, 0.2) is 0 Å². The minimum Gasteiger partial charge on any atom is -0.207 e. The van der Waals surface area contributed by atoms with E-state index in [1.807, 2.05) is 0 Å². The second kappa shape index (κ2) is 4.29. The number of benzene rings is 2. The van der Waals surface area contributed by atoms with E-state index in [1.54, 1.807) is 0 Å². The van der Waals surface area contributed by atoms with Gasteiger partial charge in [0.2, 0.25) is 0 Å². The van der Waals surface area contributed by atoms with Crippen molar-refractivity contribution >= 4 is 15.9 Å². The highest BCUT2D eigenvalue weighted by Crippen LogP contribution is 2.31. The summed E-state index contributed by atoms with van der Waals surface area (Å²) in [5, 5.41) is 0. The lowest BCUT2D eigenvalue weighted by Crippen LogP contribution is -1.88. The Labute approximate surface area is 98.9 Å². The van der Waals surface area contributed by atoms with Gasteiger partial charge in [-0.1, -0.05) is 12.1 Å². The summed E-state index contributed by atoms with van der Waals surface area (Å²) < 4.78 is 39.2. The summed E-state index contributed by atoms with van der Waals surface area (Å²) in [6.07, 6.45) is 0. The monoisotopic (exact) mass is 286 g/mol. The largest absolute Gasteiger partial charge is 0.207 e. The maximum absolute atomic E-state index is 13.2. The third-order valence-electron chi connectivity index (χ3n) is 2.15. The Kier molecular flexibility index (Phi) is 3.01. The lowest BCUT2D eigenvalue weighted by molar-refractivity contribution is 0.580. The molecule has 16 heavy (non-hydrogen) atoms. The van der Waals surface area contributed by atoms with Crippen LogP contribution in [0, 0.1) is 17.5 Å². The summed E-state index contributed by atoms with van der Waals surface area (Å²) >= 11 is 3.03. The molecule has 0 N–H and O–H groups in total. The van der Waals surface area contributed by atoms with Crippen LogP contribution in [0.1, 0.15) is 0 Å². The number of rotatable bonds is 1. The predicted molar refractivity (Wildman–Crippen MR) is 59.5 cm³/mol. The first kappa shape index (κ1) is 11.2.